The van der Waals surface area contributed by atoms with Gasteiger partial charge in [0, 0.05) is 5.69 Å². The molecule has 2 aromatic rings. The van der Waals surface area contributed by atoms with E-state index in [9.17, 15) is 4.79 Å². The molecule has 0 spiro atoms. The van der Waals surface area contributed by atoms with Crippen LogP contribution in [0.3, 0.4) is 0 Å². The van der Waals surface area contributed by atoms with Gasteiger partial charge in [-0.25, -0.2) is 0 Å². The summed E-state index contributed by atoms with van der Waals surface area (Å²) in [5.74, 6) is 0.750. The number of amides is 1. The second-order valence-electron chi connectivity index (χ2n) is 5.91. The highest BCUT2D eigenvalue weighted by atomic mass is 16.5. The topological polar surface area (TPSA) is 29.5 Å². The number of methoxy groups -OCH3 is 1. The summed E-state index contributed by atoms with van der Waals surface area (Å²) in [6.07, 6.45) is 5.47. The van der Waals surface area contributed by atoms with Gasteiger partial charge in [-0.3, -0.25) is 4.79 Å². The molecule has 0 saturated carbocycles. The number of β-lactam (4-membered cyclic amide) rings is 1. The van der Waals surface area contributed by atoms with Crippen molar-refractivity contribution in [3.8, 4) is 5.75 Å². The van der Waals surface area contributed by atoms with Crippen molar-refractivity contribution in [3.63, 3.8) is 0 Å². The van der Waals surface area contributed by atoms with Crippen LogP contribution in [0.15, 0.2) is 73.3 Å². The fourth-order valence-corrected chi connectivity index (χ4v) is 3.05. The maximum atomic E-state index is 12.7. The number of carbonyl (C=O) groups excluding carboxylic acids is 1. The van der Waals surface area contributed by atoms with Gasteiger partial charge in [0.2, 0.25) is 5.91 Å². The number of hydrogen-bond donors (Lipinski definition) is 0. The molecule has 0 aliphatic carbocycles. The molecule has 0 bridgehead atoms. The van der Waals surface area contributed by atoms with Crippen LogP contribution < -0.4 is 9.64 Å². The van der Waals surface area contributed by atoms with Crippen LogP contribution in [-0.4, -0.2) is 13.0 Å². The highest BCUT2D eigenvalue weighted by Gasteiger charge is 2.47. The monoisotopic (exact) mass is 319 g/mol. The zero-order chi connectivity index (χ0) is 17.1. The lowest BCUT2D eigenvalue weighted by Gasteiger charge is -2.46. The quantitative estimate of drug-likeness (QED) is 0.602. The number of anilines is 1. The Morgan fingerprint density at radius 1 is 1.08 bits per heavy atom. The number of hydrogen-bond acceptors (Lipinski definition) is 2. The molecule has 3 heteroatoms. The third-order valence-corrected chi connectivity index (χ3v) is 4.36. The largest absolute Gasteiger partial charge is 0.497 e. The van der Waals surface area contributed by atoms with E-state index in [2.05, 4.69) is 6.58 Å². The van der Waals surface area contributed by atoms with Gasteiger partial charge in [-0.05, 0) is 36.8 Å². The molecule has 1 amide bonds. The van der Waals surface area contributed by atoms with Crippen LogP contribution in [-0.2, 0) is 4.79 Å². The van der Waals surface area contributed by atoms with Gasteiger partial charge in [-0.2, -0.15) is 0 Å². The Balaban J connectivity index is 1.97. The highest BCUT2D eigenvalue weighted by Crippen LogP contribution is 2.44. The molecular weight excluding hydrogens is 298 g/mol. The van der Waals surface area contributed by atoms with Crippen molar-refractivity contribution in [2.45, 2.75) is 13.0 Å². The number of rotatable bonds is 5. The predicted octanol–water partition coefficient (Wildman–Crippen LogP) is 4.45. The Bertz CT molecular complexity index is 759. The van der Waals surface area contributed by atoms with Crippen molar-refractivity contribution in [3.05, 3.63) is 84.5 Å². The SMILES string of the molecule is C=C/C=C/[C@H]1C(=O)N(c2ccc(C)cc2)[C@@H]1c1ccc(OC)cc1. The Morgan fingerprint density at radius 2 is 1.75 bits per heavy atom. The first kappa shape index (κ1) is 16.1. The predicted molar refractivity (Wildman–Crippen MR) is 97.2 cm³/mol. The lowest BCUT2D eigenvalue weighted by atomic mass is 9.81. The first-order valence-corrected chi connectivity index (χ1v) is 7.98. The van der Waals surface area contributed by atoms with Crippen LogP contribution in [0.25, 0.3) is 0 Å². The van der Waals surface area contributed by atoms with Crippen molar-refractivity contribution >= 4 is 11.6 Å². The summed E-state index contributed by atoms with van der Waals surface area (Å²) in [6.45, 7) is 5.74. The van der Waals surface area contributed by atoms with E-state index < -0.39 is 0 Å². The second-order valence-corrected chi connectivity index (χ2v) is 5.91. The standard InChI is InChI=1S/C21H21NO2/c1-4-5-6-19-20(16-9-13-18(24-3)14-10-16)22(21(19)23)17-11-7-15(2)8-12-17/h4-14,19-20H,1H2,2-3H3/b6-5+/t19-,20-/m1/s1. The smallest absolute Gasteiger partial charge is 0.236 e. The molecular formula is C21H21NO2. The number of ether oxygens (including phenoxy) is 1. The summed E-state index contributed by atoms with van der Waals surface area (Å²) >= 11 is 0. The molecule has 1 saturated heterocycles. The zero-order valence-electron chi connectivity index (χ0n) is 14.0. The summed E-state index contributed by atoms with van der Waals surface area (Å²) in [4.78, 5) is 14.5. The molecule has 3 rings (SSSR count). The maximum Gasteiger partial charge on any atom is 0.236 e. The van der Waals surface area contributed by atoms with Gasteiger partial charge in [0.05, 0.1) is 19.1 Å². The van der Waals surface area contributed by atoms with Crippen molar-refractivity contribution in [2.24, 2.45) is 5.92 Å². The molecule has 2 aromatic carbocycles. The average molecular weight is 319 g/mol. The summed E-state index contributed by atoms with van der Waals surface area (Å²) in [5, 5.41) is 0. The zero-order valence-corrected chi connectivity index (χ0v) is 14.0. The van der Waals surface area contributed by atoms with E-state index in [1.165, 1.54) is 5.56 Å². The first-order valence-electron chi connectivity index (χ1n) is 7.98. The number of benzene rings is 2. The number of carbonyl (C=O) groups is 1. The van der Waals surface area contributed by atoms with Crippen LogP contribution in [0.1, 0.15) is 17.2 Å². The minimum absolute atomic E-state index is 0.0117. The average Bonchev–Trinajstić information content (AvgIpc) is 2.61. The summed E-state index contributed by atoms with van der Waals surface area (Å²) in [5.41, 5.74) is 3.19. The van der Waals surface area contributed by atoms with E-state index in [0.717, 1.165) is 17.0 Å². The molecule has 0 N–H and O–H groups in total. The minimum atomic E-state index is -0.169. The maximum absolute atomic E-state index is 12.7. The van der Waals surface area contributed by atoms with Gasteiger partial charge < -0.3 is 9.64 Å². The van der Waals surface area contributed by atoms with Crippen molar-refractivity contribution in [1.29, 1.82) is 0 Å². The third kappa shape index (κ3) is 2.85. The molecule has 0 radical (unpaired) electrons. The molecule has 24 heavy (non-hydrogen) atoms. The van der Waals surface area contributed by atoms with Gasteiger partial charge >= 0.3 is 0 Å². The van der Waals surface area contributed by atoms with Crippen LogP contribution in [0.2, 0.25) is 0 Å². The van der Waals surface area contributed by atoms with E-state index in [0.29, 0.717) is 0 Å². The molecule has 1 heterocycles. The van der Waals surface area contributed by atoms with Gasteiger partial charge in [0.25, 0.3) is 0 Å². The molecule has 0 aromatic heterocycles. The first-order chi connectivity index (χ1) is 11.7. The fraction of sp³-hybridized carbons (Fsp3) is 0.190. The molecule has 1 aliphatic heterocycles. The number of nitrogens with zero attached hydrogens (tertiary/aromatic N) is 1. The van der Waals surface area contributed by atoms with E-state index >= 15 is 0 Å². The fourth-order valence-electron chi connectivity index (χ4n) is 3.05. The molecule has 122 valence electrons. The van der Waals surface area contributed by atoms with Gasteiger partial charge in [0.1, 0.15) is 5.75 Å². The molecule has 2 atom stereocenters. The molecule has 3 nitrogen and oxygen atoms in total. The van der Waals surface area contributed by atoms with Crippen LogP contribution in [0.4, 0.5) is 5.69 Å². The lowest BCUT2D eigenvalue weighted by Crippen LogP contribution is -2.54. The molecule has 1 aliphatic rings. The summed E-state index contributed by atoms with van der Waals surface area (Å²) in [6, 6.07) is 15.9. The van der Waals surface area contributed by atoms with Gasteiger partial charge in [-0.15, -0.1) is 0 Å². The summed E-state index contributed by atoms with van der Waals surface area (Å²) < 4.78 is 5.23. The Morgan fingerprint density at radius 3 is 2.33 bits per heavy atom. The van der Waals surface area contributed by atoms with Crippen molar-refractivity contribution in [2.75, 3.05) is 12.0 Å². The van der Waals surface area contributed by atoms with Crippen molar-refractivity contribution < 1.29 is 9.53 Å². The van der Waals surface area contributed by atoms with E-state index in [4.69, 9.17) is 4.74 Å². The Hall–Kier alpha value is -2.81. The minimum Gasteiger partial charge on any atom is -0.497 e. The lowest BCUT2D eigenvalue weighted by molar-refractivity contribution is -0.128. The third-order valence-electron chi connectivity index (χ3n) is 4.36. The number of allylic oxidation sites excluding steroid dienone is 2. The van der Waals surface area contributed by atoms with E-state index in [1.54, 1.807) is 13.2 Å². The molecule has 1 fully saturated rings. The van der Waals surface area contributed by atoms with Gasteiger partial charge in [0.15, 0.2) is 0 Å². The van der Waals surface area contributed by atoms with Crippen LogP contribution >= 0.6 is 0 Å². The van der Waals surface area contributed by atoms with Crippen LogP contribution in [0.5, 0.6) is 5.75 Å². The van der Waals surface area contributed by atoms with Crippen LogP contribution in [0, 0.1) is 12.8 Å². The Kier molecular flexibility index (Phi) is 4.52. The number of aryl methyl sites for hydroxylation is 1. The second kappa shape index (κ2) is 6.75. The normalized spacial score (nSPS) is 20.1. The molecule has 0 unspecified atom stereocenters. The van der Waals surface area contributed by atoms with Crippen molar-refractivity contribution in [1.82, 2.24) is 0 Å². The van der Waals surface area contributed by atoms with E-state index in [-0.39, 0.29) is 17.9 Å². The highest BCUT2D eigenvalue weighted by molar-refractivity contribution is 6.04. The van der Waals surface area contributed by atoms with Gasteiger partial charge in [-0.1, -0.05) is 54.6 Å². The Labute approximate surface area is 142 Å². The van der Waals surface area contributed by atoms with E-state index in [1.807, 2.05) is 72.5 Å². The summed E-state index contributed by atoms with van der Waals surface area (Å²) in [7, 11) is 1.65.